The van der Waals surface area contributed by atoms with E-state index < -0.39 is 0 Å². The Hall–Kier alpha value is -1.81. The zero-order valence-electron chi connectivity index (χ0n) is 13.1. The Morgan fingerprint density at radius 2 is 1.96 bits per heavy atom. The molecule has 0 saturated carbocycles. The number of hydrogen-bond acceptors (Lipinski definition) is 2. The van der Waals surface area contributed by atoms with Gasteiger partial charge in [-0.1, -0.05) is 24.3 Å². The minimum absolute atomic E-state index is 0.0287. The molecule has 4 heteroatoms. The summed E-state index contributed by atoms with van der Waals surface area (Å²) in [7, 11) is 0. The van der Waals surface area contributed by atoms with Gasteiger partial charge in [0, 0.05) is 4.90 Å². The predicted molar refractivity (Wildman–Crippen MR) is 92.0 cm³/mol. The number of thioether (sulfide) groups is 1. The smallest absolute Gasteiger partial charge is 0.233 e. The van der Waals surface area contributed by atoms with Crippen LogP contribution in [-0.2, 0) is 11.2 Å². The molecule has 2 aromatic carbocycles. The van der Waals surface area contributed by atoms with Gasteiger partial charge in [-0.25, -0.2) is 4.39 Å². The number of hydrogen-bond donors (Lipinski definition) is 1. The maximum Gasteiger partial charge on any atom is 0.233 e. The first-order valence-electron chi connectivity index (χ1n) is 7.94. The molecule has 1 amide bonds. The van der Waals surface area contributed by atoms with Crippen molar-refractivity contribution < 1.29 is 9.18 Å². The van der Waals surface area contributed by atoms with Crippen molar-refractivity contribution in [2.75, 3.05) is 0 Å². The zero-order chi connectivity index (χ0) is 16.2. The largest absolute Gasteiger partial charge is 0.348 e. The number of aryl methyl sites for hydroxylation is 1. The molecule has 0 heterocycles. The third-order valence-electron chi connectivity index (χ3n) is 4.18. The van der Waals surface area contributed by atoms with Crippen LogP contribution in [0.25, 0.3) is 0 Å². The van der Waals surface area contributed by atoms with Gasteiger partial charge in [-0.2, -0.15) is 0 Å². The van der Waals surface area contributed by atoms with Crippen molar-refractivity contribution in [3.8, 4) is 0 Å². The second-order valence-electron chi connectivity index (χ2n) is 5.87. The quantitative estimate of drug-likeness (QED) is 0.837. The van der Waals surface area contributed by atoms with E-state index in [4.69, 9.17) is 0 Å². The minimum atomic E-state index is -0.259. The van der Waals surface area contributed by atoms with E-state index in [2.05, 4.69) is 23.5 Å². The molecule has 3 rings (SSSR count). The molecule has 2 atom stereocenters. The molecule has 0 bridgehead atoms. The SMILES string of the molecule is C[C@H](Sc1ccc(F)cc1)C(=O)N[C@H]1CCCc2ccccc21. The molecule has 120 valence electrons. The van der Waals surface area contributed by atoms with E-state index in [0.717, 1.165) is 24.2 Å². The molecule has 0 spiro atoms. The van der Waals surface area contributed by atoms with Crippen LogP contribution in [0.2, 0.25) is 0 Å². The summed E-state index contributed by atoms with van der Waals surface area (Å²) in [5, 5.41) is 2.96. The van der Waals surface area contributed by atoms with Gasteiger partial charge in [-0.3, -0.25) is 4.79 Å². The first-order chi connectivity index (χ1) is 11.1. The van der Waals surface area contributed by atoms with Crippen LogP contribution in [0, 0.1) is 5.82 Å². The summed E-state index contributed by atoms with van der Waals surface area (Å²) in [4.78, 5) is 13.4. The van der Waals surface area contributed by atoms with Gasteiger partial charge in [0.2, 0.25) is 5.91 Å². The topological polar surface area (TPSA) is 29.1 Å². The molecule has 2 nitrogen and oxygen atoms in total. The van der Waals surface area contributed by atoms with Gasteiger partial charge in [-0.05, 0) is 61.6 Å². The van der Waals surface area contributed by atoms with Crippen molar-refractivity contribution in [3.05, 3.63) is 65.5 Å². The summed E-state index contributed by atoms with van der Waals surface area (Å²) < 4.78 is 12.9. The fraction of sp³-hybridized carbons (Fsp3) is 0.316. The summed E-state index contributed by atoms with van der Waals surface area (Å²) in [6, 6.07) is 14.7. The van der Waals surface area contributed by atoms with Crippen molar-refractivity contribution >= 4 is 17.7 Å². The zero-order valence-corrected chi connectivity index (χ0v) is 13.9. The number of halogens is 1. The third-order valence-corrected chi connectivity index (χ3v) is 5.29. The maximum absolute atomic E-state index is 12.9. The van der Waals surface area contributed by atoms with Crippen LogP contribution in [0.1, 0.15) is 36.9 Å². The van der Waals surface area contributed by atoms with Gasteiger partial charge < -0.3 is 5.32 Å². The number of carbonyl (C=O) groups excluding carboxylic acids is 1. The van der Waals surface area contributed by atoms with E-state index in [-0.39, 0.29) is 23.0 Å². The van der Waals surface area contributed by atoms with E-state index >= 15 is 0 Å². The molecule has 0 fully saturated rings. The standard InChI is InChI=1S/C19H20FNOS/c1-13(23-16-11-9-15(20)10-12-16)19(22)21-18-8-4-6-14-5-2-3-7-17(14)18/h2-3,5,7,9-13,18H,4,6,8H2,1H3,(H,21,22)/t13-,18-/m0/s1. The number of carbonyl (C=O) groups is 1. The van der Waals surface area contributed by atoms with Crippen molar-refractivity contribution in [1.82, 2.24) is 5.32 Å². The number of benzene rings is 2. The van der Waals surface area contributed by atoms with Gasteiger partial charge in [0.25, 0.3) is 0 Å². The lowest BCUT2D eigenvalue weighted by molar-refractivity contribution is -0.121. The van der Waals surface area contributed by atoms with E-state index in [1.165, 1.54) is 35.0 Å². The first kappa shape index (κ1) is 16.1. The summed E-state index contributed by atoms with van der Waals surface area (Å²) in [5.74, 6) is -0.230. The second kappa shape index (κ2) is 7.18. The molecule has 23 heavy (non-hydrogen) atoms. The van der Waals surface area contributed by atoms with Gasteiger partial charge in [0.15, 0.2) is 0 Å². The lowest BCUT2D eigenvalue weighted by atomic mass is 9.88. The molecule has 0 unspecified atom stereocenters. The molecule has 0 aliphatic heterocycles. The molecule has 1 aliphatic carbocycles. The predicted octanol–water partition coefficient (Wildman–Crippen LogP) is 4.50. The Balaban J connectivity index is 1.64. The maximum atomic E-state index is 12.9. The molecule has 2 aromatic rings. The highest BCUT2D eigenvalue weighted by Gasteiger charge is 2.23. The Kier molecular flexibility index (Phi) is 5.01. The third kappa shape index (κ3) is 3.94. The highest BCUT2D eigenvalue weighted by molar-refractivity contribution is 8.00. The normalized spacial score (nSPS) is 18.1. The van der Waals surface area contributed by atoms with E-state index in [1.54, 1.807) is 12.1 Å². The van der Waals surface area contributed by atoms with Crippen LogP contribution in [0.4, 0.5) is 4.39 Å². The average molecular weight is 329 g/mol. The fourth-order valence-corrected chi connectivity index (χ4v) is 3.84. The van der Waals surface area contributed by atoms with Crippen molar-refractivity contribution in [2.45, 2.75) is 42.4 Å². The van der Waals surface area contributed by atoms with Crippen molar-refractivity contribution in [3.63, 3.8) is 0 Å². The number of amides is 1. The van der Waals surface area contributed by atoms with Gasteiger partial charge >= 0.3 is 0 Å². The summed E-state index contributed by atoms with van der Waals surface area (Å²) in [6.07, 6.45) is 3.17. The molecule has 0 saturated heterocycles. The van der Waals surface area contributed by atoms with E-state index in [0.29, 0.717) is 0 Å². The van der Waals surface area contributed by atoms with Crippen LogP contribution < -0.4 is 5.32 Å². The molecular formula is C19H20FNOS. The molecule has 0 radical (unpaired) electrons. The molecular weight excluding hydrogens is 309 g/mol. The fourth-order valence-electron chi connectivity index (χ4n) is 2.96. The summed E-state index contributed by atoms with van der Waals surface area (Å²) >= 11 is 1.45. The van der Waals surface area contributed by atoms with Crippen LogP contribution in [0.5, 0.6) is 0 Å². The molecule has 1 aliphatic rings. The number of nitrogens with one attached hydrogen (secondary N) is 1. The lowest BCUT2D eigenvalue weighted by Crippen LogP contribution is -2.35. The van der Waals surface area contributed by atoms with E-state index in [9.17, 15) is 9.18 Å². The summed E-state index contributed by atoms with van der Waals surface area (Å²) in [5.41, 5.74) is 2.58. The summed E-state index contributed by atoms with van der Waals surface area (Å²) in [6.45, 7) is 1.89. The minimum Gasteiger partial charge on any atom is -0.348 e. The van der Waals surface area contributed by atoms with Crippen molar-refractivity contribution in [1.29, 1.82) is 0 Å². The van der Waals surface area contributed by atoms with Gasteiger partial charge in [0.05, 0.1) is 11.3 Å². The number of fused-ring (bicyclic) bond motifs is 1. The van der Waals surface area contributed by atoms with Crippen LogP contribution in [-0.4, -0.2) is 11.2 Å². The van der Waals surface area contributed by atoms with Gasteiger partial charge in [-0.15, -0.1) is 11.8 Å². The Labute approximate surface area is 140 Å². The van der Waals surface area contributed by atoms with Crippen LogP contribution in [0.3, 0.4) is 0 Å². The van der Waals surface area contributed by atoms with Gasteiger partial charge in [0.1, 0.15) is 5.82 Å². The van der Waals surface area contributed by atoms with Crippen LogP contribution in [0.15, 0.2) is 53.4 Å². The Morgan fingerprint density at radius 3 is 2.74 bits per heavy atom. The Bertz CT molecular complexity index is 686. The number of rotatable bonds is 4. The molecule has 1 N–H and O–H groups in total. The lowest BCUT2D eigenvalue weighted by Gasteiger charge is -2.27. The Morgan fingerprint density at radius 1 is 1.22 bits per heavy atom. The second-order valence-corrected chi connectivity index (χ2v) is 7.28. The highest BCUT2D eigenvalue weighted by Crippen LogP contribution is 2.30. The average Bonchev–Trinajstić information content (AvgIpc) is 2.57. The first-order valence-corrected chi connectivity index (χ1v) is 8.82. The van der Waals surface area contributed by atoms with Crippen LogP contribution >= 0.6 is 11.8 Å². The van der Waals surface area contributed by atoms with Crippen molar-refractivity contribution in [2.24, 2.45) is 0 Å². The monoisotopic (exact) mass is 329 g/mol. The van der Waals surface area contributed by atoms with E-state index in [1.807, 2.05) is 13.0 Å². The molecule has 0 aromatic heterocycles. The highest BCUT2D eigenvalue weighted by atomic mass is 32.2.